The van der Waals surface area contributed by atoms with Crippen molar-refractivity contribution in [2.24, 2.45) is 11.8 Å². The second-order valence-corrected chi connectivity index (χ2v) is 10.2. The molecule has 3 nitrogen and oxygen atoms in total. The van der Waals surface area contributed by atoms with Gasteiger partial charge in [0.25, 0.3) is 0 Å². The molecule has 1 aromatic heterocycles. The lowest BCUT2D eigenvalue weighted by Crippen LogP contribution is -2.48. The van der Waals surface area contributed by atoms with Crippen LogP contribution < -0.4 is 0 Å². The molecule has 0 aromatic carbocycles. The van der Waals surface area contributed by atoms with Gasteiger partial charge in [-0.1, -0.05) is 13.8 Å². The van der Waals surface area contributed by atoms with Crippen molar-refractivity contribution in [2.75, 3.05) is 6.54 Å². The van der Waals surface area contributed by atoms with E-state index >= 15 is 0 Å². The van der Waals surface area contributed by atoms with Crippen molar-refractivity contribution in [3.63, 3.8) is 0 Å². The molecule has 20 heavy (non-hydrogen) atoms. The van der Waals surface area contributed by atoms with E-state index in [-0.39, 0.29) is 6.04 Å². The van der Waals surface area contributed by atoms with Gasteiger partial charge in [0.15, 0.2) is 0 Å². The average molecular weight is 401 g/mol. The van der Waals surface area contributed by atoms with Gasteiger partial charge in [0.1, 0.15) is 4.90 Å². The van der Waals surface area contributed by atoms with Gasteiger partial charge >= 0.3 is 0 Å². The molecule has 1 aliphatic rings. The zero-order valence-corrected chi connectivity index (χ0v) is 15.7. The summed E-state index contributed by atoms with van der Waals surface area (Å²) in [5.41, 5.74) is 0. The van der Waals surface area contributed by atoms with Gasteiger partial charge in [0, 0.05) is 17.5 Å². The number of hydrogen-bond donors (Lipinski definition) is 0. The lowest BCUT2D eigenvalue weighted by atomic mass is 9.88. The first-order valence-electron chi connectivity index (χ1n) is 6.63. The maximum atomic E-state index is 12.9. The van der Waals surface area contributed by atoms with Crippen LogP contribution in [-0.4, -0.2) is 25.3 Å². The van der Waals surface area contributed by atoms with E-state index in [1.807, 2.05) is 6.92 Å². The Labute approximate surface area is 138 Å². The van der Waals surface area contributed by atoms with Crippen molar-refractivity contribution in [3.05, 3.63) is 14.7 Å². The second kappa shape index (κ2) is 6.24. The number of alkyl halides is 1. The van der Waals surface area contributed by atoms with Crippen molar-refractivity contribution < 1.29 is 8.42 Å². The number of thiophene rings is 1. The Bertz CT molecular complexity index is 587. The molecule has 2 rings (SSSR count). The number of hydrogen-bond acceptors (Lipinski definition) is 3. The third-order valence-electron chi connectivity index (χ3n) is 3.97. The van der Waals surface area contributed by atoms with E-state index in [1.54, 1.807) is 10.4 Å². The first-order valence-corrected chi connectivity index (χ1v) is 10.2. The third kappa shape index (κ3) is 3.09. The summed E-state index contributed by atoms with van der Waals surface area (Å²) in [4.78, 5) is 1.22. The molecule has 0 bridgehead atoms. The zero-order valence-electron chi connectivity index (χ0n) is 11.8. The molecular formula is C13H19BrClNO2S2. The molecule has 0 saturated carbocycles. The van der Waals surface area contributed by atoms with E-state index in [0.29, 0.717) is 32.9 Å². The normalized spacial score (nSPS) is 28.8. The van der Waals surface area contributed by atoms with Crippen LogP contribution in [0.4, 0.5) is 0 Å². The summed E-state index contributed by atoms with van der Waals surface area (Å²) in [5, 5.41) is 0. The molecule has 0 spiro atoms. The topological polar surface area (TPSA) is 37.4 Å². The molecular weight excluding hydrogens is 382 g/mol. The minimum Gasteiger partial charge on any atom is -0.207 e. The van der Waals surface area contributed by atoms with E-state index in [4.69, 9.17) is 11.6 Å². The molecule has 1 saturated heterocycles. The Hall–Kier alpha value is 0.380. The van der Waals surface area contributed by atoms with E-state index in [2.05, 4.69) is 29.8 Å². The minimum absolute atomic E-state index is 0.0300. The van der Waals surface area contributed by atoms with Gasteiger partial charge in [-0.2, -0.15) is 4.31 Å². The minimum atomic E-state index is -3.46. The number of sulfonamides is 1. The van der Waals surface area contributed by atoms with E-state index < -0.39 is 10.0 Å². The fraction of sp³-hybridized carbons (Fsp3) is 0.692. The number of rotatable bonds is 3. The van der Waals surface area contributed by atoms with Crippen LogP contribution in [-0.2, 0) is 15.9 Å². The summed E-state index contributed by atoms with van der Waals surface area (Å²) >= 11 is 10.6. The van der Waals surface area contributed by atoms with Crippen LogP contribution in [0, 0.1) is 11.8 Å². The Morgan fingerprint density at radius 1 is 1.45 bits per heavy atom. The highest BCUT2D eigenvalue weighted by atomic mass is 79.9. The molecule has 3 atom stereocenters. The quantitative estimate of drug-likeness (QED) is 0.709. The highest BCUT2D eigenvalue weighted by Crippen LogP contribution is 2.38. The summed E-state index contributed by atoms with van der Waals surface area (Å²) in [6.45, 7) is 6.82. The van der Waals surface area contributed by atoms with Crippen molar-refractivity contribution in [1.82, 2.24) is 4.31 Å². The first kappa shape index (κ1) is 16.7. The predicted molar refractivity (Wildman–Crippen MR) is 87.9 cm³/mol. The van der Waals surface area contributed by atoms with Gasteiger partial charge in [0.2, 0.25) is 10.0 Å². The molecule has 1 aromatic rings. The highest BCUT2D eigenvalue weighted by Gasteiger charge is 2.38. The van der Waals surface area contributed by atoms with E-state index in [1.165, 1.54) is 11.3 Å². The zero-order chi connectivity index (χ0) is 15.1. The third-order valence-corrected chi connectivity index (χ3v) is 8.62. The lowest BCUT2D eigenvalue weighted by molar-refractivity contribution is 0.157. The molecule has 0 radical (unpaired) electrons. The number of nitrogens with zero attached hydrogens (tertiary/aromatic N) is 1. The number of piperidine rings is 1. The predicted octanol–water partition coefficient (Wildman–Crippen LogP) is 4.30. The molecule has 7 heteroatoms. The Kier molecular flexibility index (Phi) is 5.23. The summed E-state index contributed by atoms with van der Waals surface area (Å²) in [5.74, 6) is 1.10. The molecule has 2 heterocycles. The molecule has 1 aliphatic heterocycles. The van der Waals surface area contributed by atoms with Gasteiger partial charge < -0.3 is 0 Å². The molecule has 1 fully saturated rings. The molecule has 0 amide bonds. The molecule has 114 valence electrons. The Balaban J connectivity index is 2.40. The van der Waals surface area contributed by atoms with Crippen LogP contribution in [0.15, 0.2) is 14.7 Å². The fourth-order valence-electron chi connectivity index (χ4n) is 2.75. The monoisotopic (exact) mass is 399 g/mol. The van der Waals surface area contributed by atoms with Crippen LogP contribution >= 0.6 is 38.9 Å². The largest absolute Gasteiger partial charge is 0.245 e. The Morgan fingerprint density at radius 2 is 2.10 bits per heavy atom. The Morgan fingerprint density at radius 3 is 2.65 bits per heavy atom. The SMILES string of the molecule is CC1CC(C)C(C)N(S(=O)(=O)c2cc(CCl)sc2Br)C1. The molecule has 0 N–H and O–H groups in total. The fourth-order valence-corrected chi connectivity index (χ4v) is 7.32. The molecule has 3 unspecified atom stereocenters. The second-order valence-electron chi connectivity index (χ2n) is 5.62. The summed E-state index contributed by atoms with van der Waals surface area (Å²) in [7, 11) is -3.46. The van der Waals surface area contributed by atoms with E-state index in [9.17, 15) is 8.42 Å². The van der Waals surface area contributed by atoms with Crippen molar-refractivity contribution in [2.45, 2.75) is 44.0 Å². The molecule has 0 aliphatic carbocycles. The first-order chi connectivity index (χ1) is 9.27. The summed E-state index contributed by atoms with van der Waals surface area (Å²) in [6, 6.07) is 1.72. The van der Waals surface area contributed by atoms with Gasteiger partial charge in [0.05, 0.1) is 9.67 Å². The van der Waals surface area contributed by atoms with Crippen LogP contribution in [0.1, 0.15) is 32.1 Å². The standard InChI is InChI=1S/C13H19BrClNO2S2/c1-8-4-9(2)10(3)16(7-8)20(17,18)12-5-11(6-15)19-13(12)14/h5,8-10H,4,6-7H2,1-3H3. The van der Waals surface area contributed by atoms with Crippen molar-refractivity contribution >= 4 is 48.9 Å². The van der Waals surface area contributed by atoms with Crippen LogP contribution in [0.25, 0.3) is 0 Å². The maximum absolute atomic E-state index is 12.9. The van der Waals surface area contributed by atoms with Gasteiger partial charge in [-0.15, -0.1) is 22.9 Å². The summed E-state index contributed by atoms with van der Waals surface area (Å²) in [6.07, 6.45) is 1.07. The van der Waals surface area contributed by atoms with E-state index in [0.717, 1.165) is 11.3 Å². The lowest BCUT2D eigenvalue weighted by Gasteiger charge is -2.39. The smallest absolute Gasteiger partial charge is 0.207 e. The van der Waals surface area contributed by atoms with Crippen molar-refractivity contribution in [3.8, 4) is 0 Å². The number of halogens is 2. The van der Waals surface area contributed by atoms with Crippen molar-refractivity contribution in [1.29, 1.82) is 0 Å². The average Bonchev–Trinajstić information content (AvgIpc) is 2.75. The van der Waals surface area contributed by atoms with Gasteiger partial charge in [-0.25, -0.2) is 8.42 Å². The van der Waals surface area contributed by atoms with Gasteiger partial charge in [-0.05, 0) is 47.2 Å². The van der Waals surface area contributed by atoms with Crippen LogP contribution in [0.3, 0.4) is 0 Å². The highest BCUT2D eigenvalue weighted by molar-refractivity contribution is 9.11. The summed E-state index contributed by atoms with van der Waals surface area (Å²) < 4.78 is 28.1. The van der Waals surface area contributed by atoms with Crippen LogP contribution in [0.2, 0.25) is 0 Å². The van der Waals surface area contributed by atoms with Crippen LogP contribution in [0.5, 0.6) is 0 Å². The maximum Gasteiger partial charge on any atom is 0.245 e. The van der Waals surface area contributed by atoms with Gasteiger partial charge in [-0.3, -0.25) is 0 Å².